The number of aryl methyl sites for hydroxylation is 1. The molecule has 1 aromatic heterocycles. The number of rotatable bonds is 6. The Morgan fingerprint density at radius 1 is 1.20 bits per heavy atom. The highest BCUT2D eigenvalue weighted by atomic mass is 35.5. The summed E-state index contributed by atoms with van der Waals surface area (Å²) < 4.78 is 1.91. The van der Waals surface area contributed by atoms with Crippen LogP contribution in [0.3, 0.4) is 0 Å². The molecule has 1 atom stereocenters. The Morgan fingerprint density at radius 3 is 2.56 bits per heavy atom. The smallest absolute Gasteiger partial charge is 0.231 e. The van der Waals surface area contributed by atoms with Crippen molar-refractivity contribution in [3.63, 3.8) is 0 Å². The predicted molar refractivity (Wildman–Crippen MR) is 102 cm³/mol. The molecule has 0 saturated carbocycles. The zero-order chi connectivity index (χ0) is 17.6. The highest BCUT2D eigenvalue weighted by Gasteiger charge is 2.20. The average Bonchev–Trinajstić information content (AvgIpc) is 3.05. The molecule has 128 valence electrons. The standard InChI is InChI=1S/C19H18ClN3OS/c1-23-12-11-21-19(23)18(14-7-9-15(20)10-8-14)22-17(24)13-25-16-5-3-2-4-6-16/h2-12,18H,13H2,1H3,(H,22,24)/t18-/m1/s1. The summed E-state index contributed by atoms with van der Waals surface area (Å²) >= 11 is 7.49. The SMILES string of the molecule is Cn1ccnc1[C@H](NC(=O)CSc1ccccc1)c1ccc(Cl)cc1. The van der Waals surface area contributed by atoms with Crippen molar-refractivity contribution in [2.24, 2.45) is 7.05 Å². The number of thioether (sulfide) groups is 1. The van der Waals surface area contributed by atoms with E-state index < -0.39 is 0 Å². The minimum absolute atomic E-state index is 0.0446. The van der Waals surface area contributed by atoms with Crippen LogP contribution in [0.25, 0.3) is 0 Å². The highest BCUT2D eigenvalue weighted by Crippen LogP contribution is 2.23. The first-order valence-electron chi connectivity index (χ1n) is 7.83. The van der Waals surface area contributed by atoms with Crippen molar-refractivity contribution in [3.8, 4) is 0 Å². The van der Waals surface area contributed by atoms with E-state index >= 15 is 0 Å². The van der Waals surface area contributed by atoms with Gasteiger partial charge in [-0.1, -0.05) is 41.9 Å². The van der Waals surface area contributed by atoms with Crippen LogP contribution in [-0.4, -0.2) is 21.2 Å². The summed E-state index contributed by atoms with van der Waals surface area (Å²) in [4.78, 5) is 17.9. The van der Waals surface area contributed by atoms with Crippen LogP contribution in [0.1, 0.15) is 17.4 Å². The van der Waals surface area contributed by atoms with Gasteiger partial charge in [0.2, 0.25) is 5.91 Å². The highest BCUT2D eigenvalue weighted by molar-refractivity contribution is 8.00. The number of imidazole rings is 1. The summed E-state index contributed by atoms with van der Waals surface area (Å²) in [6.07, 6.45) is 3.59. The van der Waals surface area contributed by atoms with E-state index in [-0.39, 0.29) is 11.9 Å². The summed E-state index contributed by atoms with van der Waals surface area (Å²) in [6, 6.07) is 17.0. The second kappa shape index (κ2) is 8.23. The Morgan fingerprint density at radius 2 is 1.92 bits per heavy atom. The number of carbonyl (C=O) groups is 1. The molecule has 0 spiro atoms. The van der Waals surface area contributed by atoms with Crippen LogP contribution in [0.5, 0.6) is 0 Å². The summed E-state index contributed by atoms with van der Waals surface area (Å²) in [6.45, 7) is 0. The van der Waals surface area contributed by atoms with Gasteiger partial charge in [-0.15, -0.1) is 11.8 Å². The molecular weight excluding hydrogens is 354 g/mol. The summed E-state index contributed by atoms with van der Waals surface area (Å²) in [5.41, 5.74) is 0.941. The fourth-order valence-electron chi connectivity index (χ4n) is 2.48. The van der Waals surface area contributed by atoms with Crippen molar-refractivity contribution < 1.29 is 4.79 Å². The third-order valence-corrected chi connectivity index (χ3v) is 5.00. The summed E-state index contributed by atoms with van der Waals surface area (Å²) in [7, 11) is 1.91. The quantitative estimate of drug-likeness (QED) is 0.664. The van der Waals surface area contributed by atoms with Crippen molar-refractivity contribution in [2.75, 3.05) is 5.75 Å². The second-order valence-corrected chi connectivity index (χ2v) is 7.04. The van der Waals surface area contributed by atoms with Crippen LogP contribution in [0.2, 0.25) is 5.02 Å². The van der Waals surface area contributed by atoms with Gasteiger partial charge in [0.1, 0.15) is 11.9 Å². The fraction of sp³-hybridized carbons (Fsp3) is 0.158. The largest absolute Gasteiger partial charge is 0.341 e. The first-order valence-corrected chi connectivity index (χ1v) is 9.20. The zero-order valence-corrected chi connectivity index (χ0v) is 15.3. The van der Waals surface area contributed by atoms with Gasteiger partial charge in [-0.2, -0.15) is 0 Å². The van der Waals surface area contributed by atoms with Crippen molar-refractivity contribution in [3.05, 3.63) is 83.4 Å². The van der Waals surface area contributed by atoms with Crippen LogP contribution in [0, 0.1) is 0 Å². The van der Waals surface area contributed by atoms with Crippen LogP contribution in [-0.2, 0) is 11.8 Å². The van der Waals surface area contributed by atoms with Gasteiger partial charge in [-0.05, 0) is 29.8 Å². The van der Waals surface area contributed by atoms with E-state index in [1.54, 1.807) is 6.20 Å². The molecule has 0 bridgehead atoms. The Labute approximate surface area is 156 Å². The Kier molecular flexibility index (Phi) is 5.79. The summed E-state index contributed by atoms with van der Waals surface area (Å²) in [5, 5.41) is 3.74. The monoisotopic (exact) mass is 371 g/mol. The second-order valence-electron chi connectivity index (χ2n) is 5.55. The third kappa shape index (κ3) is 4.65. The number of carbonyl (C=O) groups excluding carboxylic acids is 1. The molecule has 0 fully saturated rings. The molecule has 0 aliphatic carbocycles. The van der Waals surface area contributed by atoms with E-state index in [1.807, 2.05) is 72.4 Å². The van der Waals surface area contributed by atoms with Gasteiger partial charge >= 0.3 is 0 Å². The van der Waals surface area contributed by atoms with Gasteiger partial charge in [0.15, 0.2) is 0 Å². The van der Waals surface area contributed by atoms with Crippen LogP contribution in [0.15, 0.2) is 71.9 Å². The average molecular weight is 372 g/mol. The maximum absolute atomic E-state index is 12.5. The molecule has 3 aromatic rings. The molecule has 3 rings (SSSR count). The van der Waals surface area contributed by atoms with Gasteiger partial charge in [0, 0.05) is 29.4 Å². The lowest BCUT2D eigenvalue weighted by atomic mass is 10.1. The number of benzene rings is 2. The molecular formula is C19H18ClN3OS. The Bertz CT molecular complexity index is 833. The minimum Gasteiger partial charge on any atom is -0.341 e. The number of aromatic nitrogens is 2. The van der Waals surface area contributed by atoms with Crippen molar-refractivity contribution in [1.29, 1.82) is 0 Å². The zero-order valence-electron chi connectivity index (χ0n) is 13.7. The number of halogens is 1. The van der Waals surface area contributed by atoms with E-state index in [0.717, 1.165) is 16.3 Å². The number of hydrogen-bond acceptors (Lipinski definition) is 3. The van der Waals surface area contributed by atoms with Gasteiger partial charge in [0.05, 0.1) is 5.75 Å². The molecule has 0 aliphatic heterocycles. The number of nitrogens with zero attached hydrogens (tertiary/aromatic N) is 2. The Hall–Kier alpha value is -2.24. The Balaban J connectivity index is 1.74. The van der Waals surface area contributed by atoms with Crippen LogP contribution < -0.4 is 5.32 Å². The topological polar surface area (TPSA) is 46.9 Å². The minimum atomic E-state index is -0.318. The maximum Gasteiger partial charge on any atom is 0.231 e. The number of amides is 1. The molecule has 0 saturated heterocycles. The lowest BCUT2D eigenvalue weighted by Crippen LogP contribution is -2.32. The summed E-state index contributed by atoms with van der Waals surface area (Å²) in [5.74, 6) is 1.08. The fourth-order valence-corrected chi connectivity index (χ4v) is 3.33. The normalized spacial score (nSPS) is 11.9. The van der Waals surface area contributed by atoms with Gasteiger partial charge in [-0.25, -0.2) is 4.98 Å². The molecule has 1 amide bonds. The lowest BCUT2D eigenvalue weighted by Gasteiger charge is -2.19. The van der Waals surface area contributed by atoms with Crippen LogP contribution >= 0.6 is 23.4 Å². The van der Waals surface area contributed by atoms with Crippen molar-refractivity contribution >= 4 is 29.3 Å². The third-order valence-electron chi connectivity index (χ3n) is 3.74. The molecule has 0 aliphatic rings. The molecule has 4 nitrogen and oxygen atoms in total. The maximum atomic E-state index is 12.5. The van der Waals surface area contributed by atoms with E-state index in [4.69, 9.17) is 11.6 Å². The van der Waals surface area contributed by atoms with E-state index in [9.17, 15) is 4.79 Å². The van der Waals surface area contributed by atoms with Crippen LogP contribution in [0.4, 0.5) is 0 Å². The van der Waals surface area contributed by atoms with Gasteiger partial charge < -0.3 is 9.88 Å². The molecule has 2 aromatic carbocycles. The molecule has 6 heteroatoms. The van der Waals surface area contributed by atoms with E-state index in [0.29, 0.717) is 10.8 Å². The molecule has 0 unspecified atom stereocenters. The number of nitrogens with one attached hydrogen (secondary N) is 1. The van der Waals surface area contributed by atoms with Gasteiger partial charge in [-0.3, -0.25) is 4.79 Å². The predicted octanol–water partition coefficient (Wildman–Crippen LogP) is 4.07. The first kappa shape index (κ1) is 17.6. The van der Waals surface area contributed by atoms with Crippen molar-refractivity contribution in [2.45, 2.75) is 10.9 Å². The van der Waals surface area contributed by atoms with Crippen molar-refractivity contribution in [1.82, 2.24) is 14.9 Å². The molecule has 1 heterocycles. The first-order chi connectivity index (χ1) is 12.1. The molecule has 0 radical (unpaired) electrons. The van der Waals surface area contributed by atoms with E-state index in [2.05, 4.69) is 10.3 Å². The molecule has 25 heavy (non-hydrogen) atoms. The lowest BCUT2D eigenvalue weighted by molar-refractivity contribution is -0.119. The number of hydrogen-bond donors (Lipinski definition) is 1. The van der Waals surface area contributed by atoms with Gasteiger partial charge in [0.25, 0.3) is 0 Å². The van der Waals surface area contributed by atoms with E-state index in [1.165, 1.54) is 11.8 Å². The molecule has 1 N–H and O–H groups in total.